The van der Waals surface area contributed by atoms with Crippen LogP contribution in [0.15, 0.2) is 47.1 Å². The van der Waals surface area contributed by atoms with Gasteiger partial charge in [0.1, 0.15) is 11.6 Å². The van der Waals surface area contributed by atoms with Gasteiger partial charge in [0.2, 0.25) is 5.91 Å². The fourth-order valence-corrected chi connectivity index (χ4v) is 2.52. The number of hydrogen-bond acceptors (Lipinski definition) is 3. The summed E-state index contributed by atoms with van der Waals surface area (Å²) in [6.45, 7) is 3.83. The van der Waals surface area contributed by atoms with E-state index in [-0.39, 0.29) is 17.8 Å². The van der Waals surface area contributed by atoms with E-state index < -0.39 is 5.41 Å². The van der Waals surface area contributed by atoms with Gasteiger partial charge in [-0.15, -0.1) is 0 Å². The summed E-state index contributed by atoms with van der Waals surface area (Å²) >= 11 is 0. The second-order valence-electron chi connectivity index (χ2n) is 6.31. The lowest BCUT2D eigenvalue weighted by atomic mass is 9.83. The number of nitrogens with one attached hydrogen (secondary N) is 1. The molecule has 0 fully saturated rings. The van der Waals surface area contributed by atoms with Gasteiger partial charge >= 0.3 is 0 Å². The van der Waals surface area contributed by atoms with Crippen LogP contribution >= 0.6 is 0 Å². The summed E-state index contributed by atoms with van der Waals surface area (Å²) in [5, 5.41) is 2.91. The van der Waals surface area contributed by atoms with Gasteiger partial charge < -0.3 is 9.73 Å². The third-order valence-corrected chi connectivity index (χ3v) is 4.07. The first-order chi connectivity index (χ1) is 10.8. The van der Waals surface area contributed by atoms with E-state index in [9.17, 15) is 9.18 Å². The smallest absolute Gasteiger partial charge is 0.230 e. The highest BCUT2D eigenvalue weighted by Gasteiger charge is 2.32. The number of benzene rings is 1. The van der Waals surface area contributed by atoms with E-state index in [2.05, 4.69) is 5.32 Å². The largest absolute Gasteiger partial charge is 0.468 e. The number of carbonyl (C=O) groups is 1. The van der Waals surface area contributed by atoms with Crippen LogP contribution in [0.5, 0.6) is 0 Å². The Bertz CT molecular complexity index is 651. The highest BCUT2D eigenvalue weighted by Crippen LogP contribution is 2.26. The highest BCUT2D eigenvalue weighted by atomic mass is 19.1. The Morgan fingerprint density at radius 3 is 2.52 bits per heavy atom. The zero-order chi connectivity index (χ0) is 17.0. The molecule has 2 rings (SSSR count). The molecule has 0 spiro atoms. The minimum absolute atomic E-state index is 0.0784. The molecule has 0 saturated carbocycles. The van der Waals surface area contributed by atoms with Gasteiger partial charge in [0, 0.05) is 12.1 Å². The second kappa shape index (κ2) is 6.96. The molecule has 0 aliphatic rings. The molecule has 0 bridgehead atoms. The molecule has 1 heterocycles. The van der Waals surface area contributed by atoms with Crippen LogP contribution in [0.1, 0.15) is 31.2 Å². The van der Waals surface area contributed by atoms with Crippen LogP contribution in [0, 0.1) is 5.82 Å². The van der Waals surface area contributed by atoms with Gasteiger partial charge in [-0.05, 0) is 46.1 Å². The first-order valence-corrected chi connectivity index (χ1v) is 7.57. The summed E-state index contributed by atoms with van der Waals surface area (Å²) in [6.07, 6.45) is 1.61. The van der Waals surface area contributed by atoms with Crippen LogP contribution in [0.25, 0.3) is 0 Å². The molecule has 0 radical (unpaired) electrons. The van der Waals surface area contributed by atoms with E-state index in [4.69, 9.17) is 4.42 Å². The van der Waals surface area contributed by atoms with Crippen molar-refractivity contribution < 1.29 is 13.6 Å². The quantitative estimate of drug-likeness (QED) is 0.890. The lowest BCUT2D eigenvalue weighted by Gasteiger charge is -2.28. The molecule has 1 amide bonds. The minimum Gasteiger partial charge on any atom is -0.468 e. The van der Waals surface area contributed by atoms with Gasteiger partial charge in [-0.25, -0.2) is 4.39 Å². The molecule has 2 aromatic rings. The number of rotatable bonds is 6. The van der Waals surface area contributed by atoms with E-state index in [0.29, 0.717) is 12.1 Å². The first kappa shape index (κ1) is 17.2. The Morgan fingerprint density at radius 1 is 1.26 bits per heavy atom. The third-order valence-electron chi connectivity index (χ3n) is 4.07. The molecule has 1 aromatic heterocycles. The predicted molar refractivity (Wildman–Crippen MR) is 87.6 cm³/mol. The van der Waals surface area contributed by atoms with Crippen LogP contribution in [0.2, 0.25) is 0 Å². The molecular weight excluding hydrogens is 295 g/mol. The molecule has 1 aromatic carbocycles. The van der Waals surface area contributed by atoms with Crippen molar-refractivity contribution in [2.45, 2.75) is 25.3 Å². The molecule has 0 saturated heterocycles. The van der Waals surface area contributed by atoms with Crippen molar-refractivity contribution in [2.75, 3.05) is 20.6 Å². The van der Waals surface area contributed by atoms with Gasteiger partial charge in [0.25, 0.3) is 0 Å². The SMILES string of the molecule is CN(C)[C@H](CNC(=O)C(C)(C)c1ccccc1F)c1ccco1. The molecule has 0 aliphatic carbocycles. The summed E-state index contributed by atoms with van der Waals surface area (Å²) < 4.78 is 19.4. The van der Waals surface area contributed by atoms with E-state index in [0.717, 1.165) is 5.76 Å². The number of amides is 1. The number of carbonyl (C=O) groups excluding carboxylic acids is 1. The normalized spacial score (nSPS) is 13.1. The maximum Gasteiger partial charge on any atom is 0.230 e. The van der Waals surface area contributed by atoms with Crippen molar-refractivity contribution in [1.82, 2.24) is 10.2 Å². The first-order valence-electron chi connectivity index (χ1n) is 7.57. The van der Waals surface area contributed by atoms with Crippen molar-refractivity contribution in [3.63, 3.8) is 0 Å². The molecule has 0 aliphatic heterocycles. The summed E-state index contributed by atoms with van der Waals surface area (Å²) in [5.74, 6) is 0.183. The molecule has 5 heteroatoms. The van der Waals surface area contributed by atoms with Gasteiger partial charge in [-0.3, -0.25) is 9.69 Å². The number of halogens is 1. The van der Waals surface area contributed by atoms with Crippen LogP contribution < -0.4 is 5.32 Å². The van der Waals surface area contributed by atoms with Crippen LogP contribution in [-0.4, -0.2) is 31.4 Å². The summed E-state index contributed by atoms with van der Waals surface area (Å²) in [5.41, 5.74) is -0.567. The predicted octanol–water partition coefficient (Wildman–Crippen LogP) is 3.12. The van der Waals surface area contributed by atoms with E-state index in [1.165, 1.54) is 6.07 Å². The molecule has 124 valence electrons. The Morgan fingerprint density at radius 2 is 1.96 bits per heavy atom. The lowest BCUT2D eigenvalue weighted by Crippen LogP contribution is -2.43. The maximum atomic E-state index is 14.0. The summed E-state index contributed by atoms with van der Waals surface area (Å²) in [6, 6.07) is 9.98. The van der Waals surface area contributed by atoms with Crippen LogP contribution in [-0.2, 0) is 10.2 Å². The average Bonchev–Trinajstić information content (AvgIpc) is 3.01. The molecule has 4 nitrogen and oxygen atoms in total. The van der Waals surface area contributed by atoms with Crippen molar-refractivity contribution in [3.8, 4) is 0 Å². The molecule has 23 heavy (non-hydrogen) atoms. The summed E-state index contributed by atoms with van der Waals surface area (Å²) in [7, 11) is 3.84. The zero-order valence-corrected chi connectivity index (χ0v) is 14.0. The Balaban J connectivity index is 2.10. The van der Waals surface area contributed by atoms with Crippen molar-refractivity contribution >= 4 is 5.91 Å². The number of furan rings is 1. The zero-order valence-electron chi connectivity index (χ0n) is 14.0. The standard InChI is InChI=1S/C18H23FN2O2/c1-18(2,13-8-5-6-9-14(13)19)17(22)20-12-15(21(3)4)16-10-7-11-23-16/h5-11,15H,12H2,1-4H3,(H,20,22)/t15-/m1/s1. The molecule has 1 atom stereocenters. The van der Waals surface area contributed by atoms with E-state index in [1.807, 2.05) is 31.1 Å². The molecule has 0 unspecified atom stereocenters. The van der Waals surface area contributed by atoms with Crippen LogP contribution in [0.4, 0.5) is 4.39 Å². The lowest BCUT2D eigenvalue weighted by molar-refractivity contribution is -0.126. The van der Waals surface area contributed by atoms with Crippen molar-refractivity contribution in [1.29, 1.82) is 0 Å². The minimum atomic E-state index is -0.953. The fraction of sp³-hybridized carbons (Fsp3) is 0.389. The average molecular weight is 318 g/mol. The van der Waals surface area contributed by atoms with Crippen LogP contribution in [0.3, 0.4) is 0 Å². The van der Waals surface area contributed by atoms with Gasteiger partial charge in [-0.2, -0.15) is 0 Å². The monoisotopic (exact) mass is 318 g/mol. The second-order valence-corrected chi connectivity index (χ2v) is 6.31. The number of hydrogen-bond donors (Lipinski definition) is 1. The Hall–Kier alpha value is -2.14. The van der Waals surface area contributed by atoms with Crippen molar-refractivity contribution in [3.05, 3.63) is 59.8 Å². The summed E-state index contributed by atoms with van der Waals surface area (Å²) in [4.78, 5) is 14.6. The van der Waals surface area contributed by atoms with Gasteiger partial charge in [-0.1, -0.05) is 18.2 Å². The highest BCUT2D eigenvalue weighted by molar-refractivity contribution is 5.87. The Labute approximate surface area is 136 Å². The van der Waals surface area contributed by atoms with Gasteiger partial charge in [0.05, 0.1) is 17.7 Å². The fourth-order valence-electron chi connectivity index (χ4n) is 2.52. The van der Waals surface area contributed by atoms with Gasteiger partial charge in [0.15, 0.2) is 0 Å². The Kier molecular flexibility index (Phi) is 5.21. The number of likely N-dealkylation sites (N-methyl/N-ethyl adjacent to an activating group) is 1. The molecular formula is C18H23FN2O2. The maximum absolute atomic E-state index is 14.0. The number of nitrogens with zero attached hydrogens (tertiary/aromatic N) is 1. The van der Waals surface area contributed by atoms with E-state index >= 15 is 0 Å². The topological polar surface area (TPSA) is 45.5 Å². The van der Waals surface area contributed by atoms with Crippen molar-refractivity contribution in [2.24, 2.45) is 0 Å². The third kappa shape index (κ3) is 3.79. The van der Waals surface area contributed by atoms with E-state index in [1.54, 1.807) is 38.3 Å². The molecule has 1 N–H and O–H groups in total.